The van der Waals surface area contributed by atoms with E-state index in [-0.39, 0.29) is 5.91 Å². The molecular formula is C20H23N3O. The smallest absolute Gasteiger partial charge is 0.254 e. The second-order valence-corrected chi connectivity index (χ2v) is 6.78. The van der Waals surface area contributed by atoms with Gasteiger partial charge in [0.2, 0.25) is 0 Å². The molecule has 0 bridgehead atoms. The van der Waals surface area contributed by atoms with Gasteiger partial charge in [0.1, 0.15) is 0 Å². The Bertz CT molecular complexity index is 781. The lowest BCUT2D eigenvalue weighted by atomic mass is 10.0. The van der Waals surface area contributed by atoms with Crippen molar-refractivity contribution in [1.29, 1.82) is 0 Å². The van der Waals surface area contributed by atoms with Crippen LogP contribution in [0.4, 0.5) is 0 Å². The van der Waals surface area contributed by atoms with Crippen LogP contribution < -0.4 is 5.43 Å². The minimum atomic E-state index is -0.0286. The molecule has 0 aromatic heterocycles. The summed E-state index contributed by atoms with van der Waals surface area (Å²) in [4.78, 5) is 14.2. The van der Waals surface area contributed by atoms with Crippen LogP contribution in [0.1, 0.15) is 36.0 Å². The van der Waals surface area contributed by atoms with Crippen LogP contribution in [0.15, 0.2) is 35.4 Å². The molecule has 4 nitrogen and oxygen atoms in total. The summed E-state index contributed by atoms with van der Waals surface area (Å²) >= 11 is 0. The Balaban J connectivity index is 1.45. The van der Waals surface area contributed by atoms with Gasteiger partial charge in [0.25, 0.3) is 5.91 Å². The zero-order valence-electron chi connectivity index (χ0n) is 13.9. The summed E-state index contributed by atoms with van der Waals surface area (Å²) in [6.07, 6.45) is 7.69. The van der Waals surface area contributed by atoms with Crippen LogP contribution in [-0.2, 0) is 17.6 Å². The van der Waals surface area contributed by atoms with Gasteiger partial charge in [-0.25, -0.2) is 5.43 Å². The number of carbonyl (C=O) groups is 1. The number of nitrogens with zero attached hydrogens (tertiary/aromatic N) is 2. The average Bonchev–Trinajstić information content (AvgIpc) is 3.03. The number of hydrazone groups is 1. The minimum absolute atomic E-state index is 0.0286. The summed E-state index contributed by atoms with van der Waals surface area (Å²) in [6.45, 7) is 2.49. The van der Waals surface area contributed by atoms with Gasteiger partial charge >= 0.3 is 0 Å². The Morgan fingerprint density at radius 2 is 1.88 bits per heavy atom. The van der Waals surface area contributed by atoms with E-state index in [1.54, 1.807) is 6.21 Å². The van der Waals surface area contributed by atoms with E-state index >= 15 is 0 Å². The Kier molecular flexibility index (Phi) is 4.30. The molecule has 2 aromatic rings. The van der Waals surface area contributed by atoms with E-state index in [0.717, 1.165) is 31.5 Å². The van der Waals surface area contributed by atoms with Crippen LogP contribution in [0.25, 0.3) is 10.8 Å². The second-order valence-electron chi connectivity index (χ2n) is 6.78. The molecule has 24 heavy (non-hydrogen) atoms. The largest absolute Gasteiger partial charge is 0.294 e. The number of piperidine rings is 1. The molecule has 124 valence electrons. The molecule has 0 saturated carbocycles. The number of benzene rings is 2. The number of hydrogen-bond acceptors (Lipinski definition) is 3. The van der Waals surface area contributed by atoms with Gasteiger partial charge in [-0.3, -0.25) is 9.69 Å². The molecule has 1 fully saturated rings. The van der Waals surface area contributed by atoms with E-state index in [4.69, 9.17) is 0 Å². The summed E-state index contributed by atoms with van der Waals surface area (Å²) in [7, 11) is 0. The molecule has 1 heterocycles. The summed E-state index contributed by atoms with van der Waals surface area (Å²) < 4.78 is 0. The maximum atomic E-state index is 12.0. The number of likely N-dealkylation sites (tertiary alicyclic amines) is 1. The van der Waals surface area contributed by atoms with Crippen molar-refractivity contribution in [2.45, 2.75) is 32.1 Å². The van der Waals surface area contributed by atoms with Crippen molar-refractivity contribution in [2.75, 3.05) is 19.6 Å². The SMILES string of the molecule is O=C(CN1CCCCC1)N/N=C/c1ccc2c3c(cccc13)CC2. The lowest BCUT2D eigenvalue weighted by Crippen LogP contribution is -2.38. The molecule has 2 aliphatic rings. The van der Waals surface area contributed by atoms with Crippen molar-refractivity contribution >= 4 is 22.9 Å². The maximum Gasteiger partial charge on any atom is 0.254 e. The lowest BCUT2D eigenvalue weighted by Gasteiger charge is -2.25. The van der Waals surface area contributed by atoms with Crippen molar-refractivity contribution in [2.24, 2.45) is 5.10 Å². The highest BCUT2D eigenvalue weighted by molar-refractivity contribution is 6.03. The molecule has 2 aromatic carbocycles. The first-order valence-electron chi connectivity index (χ1n) is 8.89. The Labute approximate surface area is 142 Å². The van der Waals surface area contributed by atoms with Gasteiger partial charge in [-0.05, 0) is 60.7 Å². The molecular weight excluding hydrogens is 298 g/mol. The zero-order chi connectivity index (χ0) is 16.4. The van der Waals surface area contributed by atoms with E-state index in [0.29, 0.717) is 6.54 Å². The molecule has 0 radical (unpaired) electrons. The first-order valence-corrected chi connectivity index (χ1v) is 8.89. The number of rotatable bonds is 4. The van der Waals surface area contributed by atoms with Crippen molar-refractivity contribution < 1.29 is 4.79 Å². The fourth-order valence-electron chi connectivity index (χ4n) is 3.91. The summed E-state index contributed by atoms with van der Waals surface area (Å²) in [5.74, 6) is -0.0286. The third kappa shape index (κ3) is 3.06. The Morgan fingerprint density at radius 3 is 2.71 bits per heavy atom. The molecule has 0 unspecified atom stereocenters. The minimum Gasteiger partial charge on any atom is -0.294 e. The quantitative estimate of drug-likeness (QED) is 0.695. The molecule has 4 heteroatoms. The lowest BCUT2D eigenvalue weighted by molar-refractivity contribution is -0.122. The van der Waals surface area contributed by atoms with Crippen LogP contribution >= 0.6 is 0 Å². The Morgan fingerprint density at radius 1 is 1.08 bits per heavy atom. The number of carbonyl (C=O) groups excluding carboxylic acids is 1. The topological polar surface area (TPSA) is 44.7 Å². The molecule has 1 aliphatic carbocycles. The van der Waals surface area contributed by atoms with Gasteiger partial charge in [-0.2, -0.15) is 5.10 Å². The van der Waals surface area contributed by atoms with E-state index in [1.807, 2.05) is 0 Å². The molecule has 4 rings (SSSR count). The molecule has 0 atom stereocenters. The maximum absolute atomic E-state index is 12.0. The predicted octanol–water partition coefficient (Wildman–Crippen LogP) is 2.87. The van der Waals surface area contributed by atoms with E-state index in [9.17, 15) is 4.79 Å². The average molecular weight is 321 g/mol. The van der Waals surface area contributed by atoms with Gasteiger partial charge in [-0.15, -0.1) is 0 Å². The summed E-state index contributed by atoms with van der Waals surface area (Å²) in [5, 5.41) is 6.79. The molecule has 1 saturated heterocycles. The standard InChI is InChI=1S/C20H23N3O/c24-19(14-23-11-2-1-3-12-23)22-21-13-17-10-9-16-8-7-15-5-4-6-18(17)20(15)16/h4-6,9-10,13H,1-3,7-8,11-12,14H2,(H,22,24)/b21-13+. The van der Waals surface area contributed by atoms with Gasteiger partial charge in [0.05, 0.1) is 12.8 Å². The Hall–Kier alpha value is -2.20. The third-order valence-corrected chi connectivity index (χ3v) is 5.12. The van der Waals surface area contributed by atoms with E-state index < -0.39 is 0 Å². The number of nitrogens with one attached hydrogen (secondary N) is 1. The molecule has 1 aliphatic heterocycles. The van der Waals surface area contributed by atoms with Crippen molar-refractivity contribution in [3.63, 3.8) is 0 Å². The van der Waals surface area contributed by atoms with Gasteiger partial charge in [0.15, 0.2) is 0 Å². The second kappa shape index (κ2) is 6.73. The summed E-state index contributed by atoms with van der Waals surface area (Å²) in [6, 6.07) is 10.8. The predicted molar refractivity (Wildman–Crippen MR) is 97.4 cm³/mol. The highest BCUT2D eigenvalue weighted by atomic mass is 16.2. The normalized spacial score (nSPS) is 17.7. The first-order chi connectivity index (χ1) is 11.8. The summed E-state index contributed by atoms with van der Waals surface area (Å²) in [5.41, 5.74) is 6.59. The van der Waals surface area contributed by atoms with Crippen LogP contribution in [0.2, 0.25) is 0 Å². The first kappa shape index (κ1) is 15.3. The van der Waals surface area contributed by atoms with Crippen molar-refractivity contribution in [3.05, 3.63) is 47.0 Å². The van der Waals surface area contributed by atoms with Crippen LogP contribution in [0, 0.1) is 0 Å². The van der Waals surface area contributed by atoms with Crippen LogP contribution in [0.5, 0.6) is 0 Å². The monoisotopic (exact) mass is 321 g/mol. The fraction of sp³-hybridized carbons (Fsp3) is 0.400. The fourth-order valence-corrected chi connectivity index (χ4v) is 3.91. The molecule has 0 spiro atoms. The van der Waals surface area contributed by atoms with Crippen molar-refractivity contribution in [1.82, 2.24) is 10.3 Å². The molecule has 1 amide bonds. The van der Waals surface area contributed by atoms with E-state index in [1.165, 1.54) is 41.2 Å². The van der Waals surface area contributed by atoms with Crippen molar-refractivity contribution in [3.8, 4) is 0 Å². The number of aryl methyl sites for hydroxylation is 2. The van der Waals surface area contributed by atoms with Gasteiger partial charge < -0.3 is 0 Å². The zero-order valence-corrected chi connectivity index (χ0v) is 13.9. The molecule has 1 N–H and O–H groups in total. The highest BCUT2D eigenvalue weighted by Gasteiger charge is 2.15. The number of amides is 1. The van der Waals surface area contributed by atoms with E-state index in [2.05, 4.69) is 45.8 Å². The van der Waals surface area contributed by atoms with Gasteiger partial charge in [-0.1, -0.05) is 36.8 Å². The third-order valence-electron chi connectivity index (χ3n) is 5.12. The van der Waals surface area contributed by atoms with Gasteiger partial charge in [0, 0.05) is 5.56 Å². The number of hydrogen-bond donors (Lipinski definition) is 1. The van der Waals surface area contributed by atoms with Crippen LogP contribution in [0.3, 0.4) is 0 Å². The highest BCUT2D eigenvalue weighted by Crippen LogP contribution is 2.32. The van der Waals surface area contributed by atoms with Crippen LogP contribution in [-0.4, -0.2) is 36.7 Å².